The molecule has 0 atom stereocenters. The fraction of sp³-hybridized carbons (Fsp3) is 0.273. The van der Waals surface area contributed by atoms with Crippen molar-refractivity contribution in [3.05, 3.63) is 82.7 Å². The summed E-state index contributed by atoms with van der Waals surface area (Å²) in [7, 11) is 0. The molecule has 3 aromatic rings. The van der Waals surface area contributed by atoms with Crippen LogP contribution in [-0.2, 0) is 19.6 Å². The lowest BCUT2D eigenvalue weighted by molar-refractivity contribution is 0.111. The van der Waals surface area contributed by atoms with E-state index in [1.54, 1.807) is 6.07 Å². The van der Waals surface area contributed by atoms with Crippen LogP contribution in [0, 0.1) is 5.82 Å². The number of hydrogen-bond acceptors (Lipinski definition) is 3. The average molecular weight is 361 g/mol. The molecule has 1 aliphatic heterocycles. The second kappa shape index (κ2) is 6.43. The lowest BCUT2D eigenvalue weighted by atomic mass is 10.1. The Morgan fingerprint density at radius 3 is 2.70 bits per heavy atom. The number of benzene rings is 2. The third-order valence-electron chi connectivity index (χ3n) is 5.39. The fourth-order valence-electron chi connectivity index (χ4n) is 3.85. The summed E-state index contributed by atoms with van der Waals surface area (Å²) in [4.78, 5) is 18.4. The molecule has 1 saturated carbocycles. The van der Waals surface area contributed by atoms with Crippen LogP contribution in [0.15, 0.2) is 48.7 Å². The second-order valence-corrected chi connectivity index (χ2v) is 7.48. The van der Waals surface area contributed by atoms with Gasteiger partial charge in [-0.05, 0) is 36.1 Å². The zero-order valence-corrected chi connectivity index (χ0v) is 14.9. The van der Waals surface area contributed by atoms with Crippen molar-refractivity contribution in [2.45, 2.75) is 38.4 Å². The summed E-state index contributed by atoms with van der Waals surface area (Å²) in [5, 5.41) is 0. The van der Waals surface area contributed by atoms with Crippen molar-refractivity contribution in [2.75, 3.05) is 0 Å². The summed E-state index contributed by atoms with van der Waals surface area (Å²) >= 11 is 0. The minimum atomic E-state index is -0.464. The van der Waals surface area contributed by atoms with E-state index < -0.39 is 5.82 Å². The Kier molecular flexibility index (Phi) is 3.90. The third-order valence-corrected chi connectivity index (χ3v) is 5.39. The van der Waals surface area contributed by atoms with E-state index in [1.807, 2.05) is 18.2 Å². The number of halogens is 1. The molecular formula is C22H20FN3O. The topological polar surface area (TPSA) is 38.1 Å². The summed E-state index contributed by atoms with van der Waals surface area (Å²) < 4.78 is 16.4. The molecule has 0 spiro atoms. The minimum Gasteiger partial charge on any atom is -0.302 e. The van der Waals surface area contributed by atoms with E-state index in [-0.39, 0.29) is 5.56 Å². The van der Waals surface area contributed by atoms with Crippen LogP contribution in [0.2, 0.25) is 0 Å². The highest BCUT2D eigenvalue weighted by atomic mass is 19.1. The maximum absolute atomic E-state index is 14.3. The molecule has 0 N–H and O–H groups in total. The van der Waals surface area contributed by atoms with Gasteiger partial charge in [0.25, 0.3) is 0 Å². The predicted molar refractivity (Wildman–Crippen MR) is 100 cm³/mol. The summed E-state index contributed by atoms with van der Waals surface area (Å²) in [5.74, 6) is 1.03. The van der Waals surface area contributed by atoms with E-state index in [4.69, 9.17) is 4.98 Å². The molecule has 5 rings (SSSR count). The van der Waals surface area contributed by atoms with Crippen LogP contribution in [0.5, 0.6) is 0 Å². The van der Waals surface area contributed by atoms with Crippen molar-refractivity contribution >= 4 is 6.29 Å². The van der Waals surface area contributed by atoms with Gasteiger partial charge in [-0.15, -0.1) is 0 Å². The molecule has 2 heterocycles. The first-order valence-corrected chi connectivity index (χ1v) is 9.33. The van der Waals surface area contributed by atoms with Gasteiger partial charge < -0.3 is 4.57 Å². The largest absolute Gasteiger partial charge is 0.302 e. The van der Waals surface area contributed by atoms with Crippen molar-refractivity contribution in [3.63, 3.8) is 0 Å². The first-order chi connectivity index (χ1) is 13.2. The van der Waals surface area contributed by atoms with Crippen molar-refractivity contribution in [1.29, 1.82) is 0 Å². The molecule has 1 aromatic heterocycles. The molecule has 4 nitrogen and oxygen atoms in total. The van der Waals surface area contributed by atoms with E-state index in [0.29, 0.717) is 25.3 Å². The Balaban J connectivity index is 1.59. The number of nitrogens with zero attached hydrogens (tertiary/aromatic N) is 3. The maximum atomic E-state index is 14.3. The Morgan fingerprint density at radius 1 is 1.15 bits per heavy atom. The van der Waals surface area contributed by atoms with E-state index in [2.05, 4.69) is 27.8 Å². The first-order valence-electron chi connectivity index (χ1n) is 9.33. The average Bonchev–Trinajstić information content (AvgIpc) is 3.46. The van der Waals surface area contributed by atoms with Crippen LogP contribution in [0.25, 0.3) is 5.69 Å². The van der Waals surface area contributed by atoms with Crippen molar-refractivity contribution < 1.29 is 9.18 Å². The van der Waals surface area contributed by atoms with Gasteiger partial charge in [-0.1, -0.05) is 30.3 Å². The quantitative estimate of drug-likeness (QED) is 0.653. The van der Waals surface area contributed by atoms with Crippen molar-refractivity contribution in [3.8, 4) is 5.69 Å². The van der Waals surface area contributed by atoms with Gasteiger partial charge in [0.15, 0.2) is 6.29 Å². The van der Waals surface area contributed by atoms with Crippen molar-refractivity contribution in [1.82, 2.24) is 14.5 Å². The monoisotopic (exact) mass is 361 g/mol. The predicted octanol–water partition coefficient (Wildman–Crippen LogP) is 4.22. The lowest BCUT2D eigenvalue weighted by Crippen LogP contribution is -2.22. The standard InChI is InChI=1S/C22H20FN3O/c23-19-8-17-11-25(10-15-4-2-1-3-5-15)13-22-24-20(16-6-7-16)12-26(22)21(17)9-18(19)14-27/h1-5,8-9,12,14,16H,6-7,10-11,13H2. The normalized spacial score (nSPS) is 16.5. The molecule has 1 fully saturated rings. The van der Waals surface area contributed by atoms with E-state index in [9.17, 15) is 9.18 Å². The zero-order chi connectivity index (χ0) is 18.4. The Hall–Kier alpha value is -2.79. The molecule has 5 heteroatoms. The molecule has 2 aromatic carbocycles. The Labute approximate surface area is 157 Å². The summed E-state index contributed by atoms with van der Waals surface area (Å²) in [6.07, 6.45) is 5.02. The van der Waals surface area contributed by atoms with Crippen molar-refractivity contribution in [2.24, 2.45) is 0 Å². The van der Waals surface area contributed by atoms with Crippen LogP contribution in [-0.4, -0.2) is 20.7 Å². The number of carbonyl (C=O) groups excluding carboxylic acids is 1. The van der Waals surface area contributed by atoms with Gasteiger partial charge in [0.05, 0.1) is 23.5 Å². The molecule has 0 unspecified atom stereocenters. The minimum absolute atomic E-state index is 0.0953. The number of hydrogen-bond donors (Lipinski definition) is 0. The molecule has 0 bridgehead atoms. The van der Waals surface area contributed by atoms with Gasteiger partial charge >= 0.3 is 0 Å². The van der Waals surface area contributed by atoms with Crippen LogP contribution >= 0.6 is 0 Å². The highest BCUT2D eigenvalue weighted by molar-refractivity contribution is 5.77. The summed E-state index contributed by atoms with van der Waals surface area (Å²) in [5.41, 5.74) is 4.16. The number of rotatable bonds is 4. The molecule has 0 saturated heterocycles. The SMILES string of the molecule is O=Cc1cc2c(cc1F)CN(Cc1ccccc1)Cc1nc(C3CC3)cn1-2. The van der Waals surface area contributed by atoms with Crippen LogP contribution in [0.4, 0.5) is 4.39 Å². The summed E-state index contributed by atoms with van der Waals surface area (Å²) in [6, 6.07) is 13.4. The van der Waals surface area contributed by atoms with Crippen LogP contribution in [0.1, 0.15) is 51.8 Å². The summed E-state index contributed by atoms with van der Waals surface area (Å²) in [6.45, 7) is 2.07. The number of aldehydes is 1. The van der Waals surface area contributed by atoms with Gasteiger partial charge in [0.2, 0.25) is 0 Å². The molecule has 136 valence electrons. The van der Waals surface area contributed by atoms with Gasteiger partial charge in [0, 0.05) is 25.2 Å². The van der Waals surface area contributed by atoms with Gasteiger partial charge in [-0.25, -0.2) is 9.37 Å². The maximum Gasteiger partial charge on any atom is 0.153 e. The number of imidazole rings is 1. The highest BCUT2D eigenvalue weighted by Crippen LogP contribution is 2.40. The number of fused-ring (bicyclic) bond motifs is 3. The first kappa shape index (κ1) is 16.4. The lowest BCUT2D eigenvalue weighted by Gasteiger charge is -2.20. The van der Waals surface area contributed by atoms with Gasteiger partial charge in [0.1, 0.15) is 11.6 Å². The zero-order valence-electron chi connectivity index (χ0n) is 14.9. The van der Waals surface area contributed by atoms with Crippen LogP contribution in [0.3, 0.4) is 0 Å². The number of aromatic nitrogens is 2. The smallest absolute Gasteiger partial charge is 0.153 e. The fourth-order valence-corrected chi connectivity index (χ4v) is 3.85. The molecule has 0 amide bonds. The molecule has 1 aliphatic carbocycles. The van der Waals surface area contributed by atoms with Gasteiger partial charge in [-0.3, -0.25) is 9.69 Å². The molecule has 2 aliphatic rings. The molecule has 27 heavy (non-hydrogen) atoms. The van der Waals surface area contributed by atoms with Gasteiger partial charge in [-0.2, -0.15) is 0 Å². The van der Waals surface area contributed by atoms with Crippen LogP contribution < -0.4 is 0 Å². The van der Waals surface area contributed by atoms with E-state index >= 15 is 0 Å². The highest BCUT2D eigenvalue weighted by Gasteiger charge is 2.30. The van der Waals surface area contributed by atoms with E-state index in [0.717, 1.165) is 29.3 Å². The Bertz CT molecular complexity index is 1010. The third kappa shape index (κ3) is 3.08. The van der Waals surface area contributed by atoms with E-state index in [1.165, 1.54) is 24.5 Å². The molecular weight excluding hydrogens is 341 g/mol. The molecule has 0 radical (unpaired) electrons. The second-order valence-electron chi connectivity index (χ2n) is 7.48. The Morgan fingerprint density at radius 2 is 1.96 bits per heavy atom. The number of carbonyl (C=O) groups is 1.